The van der Waals surface area contributed by atoms with Gasteiger partial charge in [-0.2, -0.15) is 42.1 Å². The molecule has 102 heavy (non-hydrogen) atoms. The number of pyridine rings is 1. The SMILES string of the molecule is N#Cc1cc(C#N)cc(-c2ccc3c(c2)c2cc(-c4cc(C#N)cc(C#N)c4)ccc2n3-c2cc(-c3ccccn3)ccc2-c2ccc(-c3nc(-c4ccccc4)nc(-c4ccccc4)n3)cc2-n2c3ccc(-c4cc(C#N)cc(C#N)c4)cc3c3cc(-c4cc(C#N)cc(C#N)c4)ccc32)c1. The van der Waals surface area contributed by atoms with Crippen LogP contribution in [0.5, 0.6) is 0 Å². The zero-order chi connectivity index (χ0) is 69.5. The molecule has 0 aliphatic carbocycles. The van der Waals surface area contributed by atoms with Crippen LogP contribution >= 0.6 is 0 Å². The van der Waals surface area contributed by atoms with Gasteiger partial charge in [0, 0.05) is 61.1 Å². The minimum atomic E-state index is 0.332. The molecule has 16 rings (SSSR count). The van der Waals surface area contributed by atoms with Crippen molar-refractivity contribution in [1.82, 2.24) is 29.1 Å². The number of fused-ring (bicyclic) bond motifs is 6. The van der Waals surface area contributed by atoms with Crippen molar-refractivity contribution in [1.29, 1.82) is 42.1 Å². The largest absolute Gasteiger partial charge is 0.309 e. The summed E-state index contributed by atoms with van der Waals surface area (Å²) in [5.74, 6) is 1.35. The van der Waals surface area contributed by atoms with E-state index in [9.17, 15) is 42.1 Å². The second-order valence-electron chi connectivity index (χ2n) is 24.4. The maximum atomic E-state index is 10.2. The molecule has 14 nitrogen and oxygen atoms in total. The molecule has 0 amide bonds. The third-order valence-corrected chi connectivity index (χ3v) is 18.3. The summed E-state index contributed by atoms with van der Waals surface area (Å²) in [4.78, 5) is 20.5. The Kier molecular flexibility index (Phi) is 15.3. The molecule has 14 heteroatoms. The number of hydrogen-bond acceptors (Lipinski definition) is 12. The number of rotatable bonds is 11. The highest BCUT2D eigenvalue weighted by molar-refractivity contribution is 6.14. The van der Waals surface area contributed by atoms with E-state index in [1.165, 1.54) is 0 Å². The van der Waals surface area contributed by atoms with Crippen LogP contribution in [-0.4, -0.2) is 29.1 Å². The zero-order valence-corrected chi connectivity index (χ0v) is 53.7. The standard InChI is InChI=1S/C88H44N14/c89-45-53-27-54(46-90)32-69(31-53)63-16-22-80-75(39-63)76-40-64(70-33-55(47-91)28-56(34-70)48-92)17-23-81(76)101(80)84-43-67(79-13-7-8-26-97-79)14-20-73(84)74-21-15-68(88-99-86(61-9-3-1-4-10-61)98-87(100-88)62-11-5-2-6-12-62)44-85(74)102-82-24-18-65(71-35-57(49-93)29-58(36-71)50-94)41-77(82)78-42-66(19-25-83(78)102)72-37-59(51-95)30-60(38-72)52-96/h1-44H. The summed E-state index contributed by atoms with van der Waals surface area (Å²) in [5, 5.41) is 85.0. The van der Waals surface area contributed by atoms with Gasteiger partial charge in [0.15, 0.2) is 17.5 Å². The molecule has 0 aliphatic heterocycles. The summed E-state index contributed by atoms with van der Waals surface area (Å²) in [6.07, 6.45) is 1.76. The quantitative estimate of drug-likeness (QED) is 0.117. The van der Waals surface area contributed by atoms with Crippen molar-refractivity contribution >= 4 is 43.6 Å². The molecular formula is C88H44N14. The van der Waals surface area contributed by atoms with Crippen LogP contribution in [0, 0.1) is 90.6 Å². The van der Waals surface area contributed by atoms with E-state index in [-0.39, 0.29) is 0 Å². The first-order valence-corrected chi connectivity index (χ1v) is 32.2. The Labute approximate surface area is 584 Å². The first-order chi connectivity index (χ1) is 50.1. The minimum absolute atomic E-state index is 0.332. The minimum Gasteiger partial charge on any atom is -0.309 e. The number of nitrogens with zero attached hydrogens (tertiary/aromatic N) is 14. The van der Waals surface area contributed by atoms with Crippen LogP contribution in [0.2, 0.25) is 0 Å². The molecule has 466 valence electrons. The van der Waals surface area contributed by atoms with Crippen LogP contribution in [0.3, 0.4) is 0 Å². The monoisotopic (exact) mass is 1300 g/mol. The molecule has 0 aliphatic rings. The molecule has 16 aromatic rings. The van der Waals surface area contributed by atoms with Gasteiger partial charge in [-0.3, -0.25) is 4.98 Å². The molecule has 0 unspecified atom stereocenters. The Balaban J connectivity index is 1.02. The predicted molar refractivity (Wildman–Crippen MR) is 393 cm³/mol. The summed E-state index contributed by atoms with van der Waals surface area (Å²) in [6, 6.07) is 101. The van der Waals surface area contributed by atoms with Crippen LogP contribution in [0.25, 0.3) is 156 Å². The van der Waals surface area contributed by atoms with Gasteiger partial charge in [0.25, 0.3) is 0 Å². The van der Waals surface area contributed by atoms with E-state index in [0.717, 1.165) is 105 Å². The van der Waals surface area contributed by atoms with E-state index in [0.29, 0.717) is 95.5 Å². The number of hydrogen-bond donors (Lipinski definition) is 0. The molecule has 0 saturated carbocycles. The Morgan fingerprint density at radius 2 is 0.510 bits per heavy atom. The number of aromatic nitrogens is 6. The van der Waals surface area contributed by atoms with Crippen molar-refractivity contribution in [3.8, 4) is 161 Å². The summed E-state index contributed by atoms with van der Waals surface area (Å²) < 4.78 is 4.46. The fourth-order valence-electron chi connectivity index (χ4n) is 13.6. The highest BCUT2D eigenvalue weighted by Gasteiger charge is 2.26. The highest BCUT2D eigenvalue weighted by atomic mass is 15.0. The third kappa shape index (κ3) is 11.0. The Morgan fingerprint density at radius 1 is 0.225 bits per heavy atom. The Hall–Kier alpha value is -15.7. The average Bonchev–Trinajstić information content (AvgIpc) is 1.56. The molecule has 0 fully saturated rings. The topological polar surface area (TPSA) is 252 Å². The predicted octanol–water partition coefficient (Wildman–Crippen LogP) is 19.4. The third-order valence-electron chi connectivity index (χ3n) is 18.3. The van der Waals surface area contributed by atoms with Crippen LogP contribution < -0.4 is 0 Å². The first kappa shape index (κ1) is 61.2. The number of benzene rings is 12. The number of nitriles is 8. The summed E-state index contributed by atoms with van der Waals surface area (Å²) >= 11 is 0. The van der Waals surface area contributed by atoms with E-state index in [2.05, 4.69) is 124 Å². The van der Waals surface area contributed by atoms with Gasteiger partial charge in [0.2, 0.25) is 0 Å². The molecule has 4 aromatic heterocycles. The average molecular weight is 1300 g/mol. The lowest BCUT2D eigenvalue weighted by atomic mass is 9.96. The van der Waals surface area contributed by atoms with Gasteiger partial charge in [0.05, 0.1) is 132 Å². The van der Waals surface area contributed by atoms with Crippen molar-refractivity contribution in [2.75, 3.05) is 0 Å². The van der Waals surface area contributed by atoms with Gasteiger partial charge in [-0.25, -0.2) is 15.0 Å². The molecule has 0 bridgehead atoms. The van der Waals surface area contributed by atoms with Crippen LogP contribution in [0.1, 0.15) is 44.5 Å². The molecule has 0 N–H and O–H groups in total. The lowest BCUT2D eigenvalue weighted by Crippen LogP contribution is -2.04. The summed E-state index contributed by atoms with van der Waals surface area (Å²) in [5.41, 5.74) is 18.3. The second-order valence-corrected chi connectivity index (χ2v) is 24.4. The molecular weight excluding hydrogens is 1250 g/mol. The molecule has 4 heterocycles. The van der Waals surface area contributed by atoms with Gasteiger partial charge in [-0.1, -0.05) is 115 Å². The van der Waals surface area contributed by atoms with Gasteiger partial charge in [-0.15, -0.1) is 0 Å². The van der Waals surface area contributed by atoms with E-state index in [1.54, 1.807) is 79.0 Å². The normalized spacial score (nSPS) is 10.9. The van der Waals surface area contributed by atoms with E-state index in [1.807, 2.05) is 121 Å². The van der Waals surface area contributed by atoms with Gasteiger partial charge in [0.1, 0.15) is 0 Å². The smallest absolute Gasteiger partial charge is 0.164 e. The lowest BCUT2D eigenvalue weighted by molar-refractivity contribution is 1.07. The highest BCUT2D eigenvalue weighted by Crippen LogP contribution is 2.46. The van der Waals surface area contributed by atoms with Crippen molar-refractivity contribution in [2.24, 2.45) is 0 Å². The van der Waals surface area contributed by atoms with Crippen LogP contribution in [0.4, 0.5) is 0 Å². The van der Waals surface area contributed by atoms with Crippen molar-refractivity contribution < 1.29 is 0 Å². The summed E-state index contributed by atoms with van der Waals surface area (Å²) in [6.45, 7) is 0. The molecule has 0 saturated heterocycles. The van der Waals surface area contributed by atoms with Gasteiger partial charge < -0.3 is 9.13 Å². The second kappa shape index (κ2) is 25.5. The van der Waals surface area contributed by atoms with E-state index < -0.39 is 0 Å². The van der Waals surface area contributed by atoms with E-state index in [4.69, 9.17) is 19.9 Å². The van der Waals surface area contributed by atoms with Crippen molar-refractivity contribution in [2.45, 2.75) is 0 Å². The zero-order valence-electron chi connectivity index (χ0n) is 53.7. The molecule has 0 spiro atoms. The van der Waals surface area contributed by atoms with E-state index >= 15 is 0 Å². The van der Waals surface area contributed by atoms with Gasteiger partial charge in [-0.05, 0) is 190 Å². The Morgan fingerprint density at radius 3 is 0.814 bits per heavy atom. The van der Waals surface area contributed by atoms with Crippen molar-refractivity contribution in [3.05, 3.63) is 312 Å². The maximum Gasteiger partial charge on any atom is 0.164 e. The molecule has 0 atom stereocenters. The van der Waals surface area contributed by atoms with Crippen LogP contribution in [0.15, 0.2) is 267 Å². The van der Waals surface area contributed by atoms with Gasteiger partial charge >= 0.3 is 0 Å². The molecule has 12 aromatic carbocycles. The van der Waals surface area contributed by atoms with Crippen molar-refractivity contribution in [3.63, 3.8) is 0 Å². The Bertz CT molecular complexity index is 6150. The maximum absolute atomic E-state index is 10.2. The summed E-state index contributed by atoms with van der Waals surface area (Å²) in [7, 11) is 0. The first-order valence-electron chi connectivity index (χ1n) is 32.2. The van der Waals surface area contributed by atoms with Crippen LogP contribution in [-0.2, 0) is 0 Å². The molecule has 0 radical (unpaired) electrons. The lowest BCUT2D eigenvalue weighted by Gasteiger charge is -2.21. The fourth-order valence-corrected chi connectivity index (χ4v) is 13.6. The fraction of sp³-hybridized carbons (Fsp3) is 0.